The molecule has 2 aromatic carbocycles. The molecule has 1 heterocycles. The molecule has 2 nitrogen and oxygen atoms in total. The quantitative estimate of drug-likeness (QED) is 0.897. The summed E-state index contributed by atoms with van der Waals surface area (Å²) in [7, 11) is 1.71. The summed E-state index contributed by atoms with van der Waals surface area (Å²) >= 11 is 0. The Hall–Kier alpha value is -1.25. The van der Waals surface area contributed by atoms with E-state index in [0.717, 1.165) is 18.8 Å². The minimum absolute atomic E-state index is 0. The molecule has 2 aromatic rings. The molecule has 0 radical (unpaired) electrons. The number of halogens is 1. The van der Waals surface area contributed by atoms with Gasteiger partial charge >= 0.3 is 0 Å². The Morgan fingerprint density at radius 1 is 1.11 bits per heavy atom. The third-order valence-electron chi connectivity index (χ3n) is 3.60. The van der Waals surface area contributed by atoms with E-state index in [4.69, 9.17) is 4.74 Å². The van der Waals surface area contributed by atoms with Crippen LogP contribution in [0, 0.1) is 0 Å². The van der Waals surface area contributed by atoms with Crippen LogP contribution in [0.5, 0.6) is 5.75 Å². The standard InChI is InChI=1S/C15H17NO.ClH/c1-17-15-5-4-11-8-12(2-3-13(11)9-15)14-6-7-16-10-14;/h2-5,8-9,14,16H,6-7,10H2,1H3;1H. The Morgan fingerprint density at radius 3 is 2.61 bits per heavy atom. The molecule has 1 N–H and O–H groups in total. The van der Waals surface area contributed by atoms with Crippen molar-refractivity contribution in [2.45, 2.75) is 12.3 Å². The number of benzene rings is 2. The normalized spacial score (nSPS) is 18.6. The average molecular weight is 264 g/mol. The second kappa shape index (κ2) is 5.59. The van der Waals surface area contributed by atoms with Gasteiger partial charge in [0.1, 0.15) is 5.75 Å². The fourth-order valence-electron chi connectivity index (χ4n) is 2.56. The SMILES string of the molecule is COc1ccc2cc(C3CCNC3)ccc2c1.Cl. The average Bonchev–Trinajstić information content (AvgIpc) is 2.91. The fourth-order valence-corrected chi connectivity index (χ4v) is 2.56. The Labute approximate surface area is 114 Å². The van der Waals surface area contributed by atoms with Crippen LogP contribution in [0.15, 0.2) is 36.4 Å². The van der Waals surface area contributed by atoms with Crippen molar-refractivity contribution in [2.75, 3.05) is 20.2 Å². The van der Waals surface area contributed by atoms with E-state index in [2.05, 4.69) is 35.6 Å². The molecule has 0 spiro atoms. The molecule has 1 aliphatic heterocycles. The zero-order valence-corrected chi connectivity index (χ0v) is 11.3. The molecule has 3 heteroatoms. The second-order valence-electron chi connectivity index (χ2n) is 4.66. The zero-order valence-electron chi connectivity index (χ0n) is 10.5. The summed E-state index contributed by atoms with van der Waals surface area (Å²) in [4.78, 5) is 0. The monoisotopic (exact) mass is 263 g/mol. The van der Waals surface area contributed by atoms with Gasteiger partial charge in [-0.05, 0) is 47.4 Å². The lowest BCUT2D eigenvalue weighted by Crippen LogP contribution is -2.07. The predicted molar refractivity (Wildman–Crippen MR) is 78.0 cm³/mol. The number of hydrogen-bond donors (Lipinski definition) is 1. The molecule has 0 saturated carbocycles. The number of rotatable bonds is 2. The van der Waals surface area contributed by atoms with E-state index in [0.29, 0.717) is 5.92 Å². The summed E-state index contributed by atoms with van der Waals surface area (Å²) in [5.74, 6) is 1.61. The highest BCUT2D eigenvalue weighted by atomic mass is 35.5. The summed E-state index contributed by atoms with van der Waals surface area (Å²) in [5, 5.41) is 5.97. The lowest BCUT2D eigenvalue weighted by Gasteiger charge is -2.10. The van der Waals surface area contributed by atoms with Crippen molar-refractivity contribution in [1.29, 1.82) is 0 Å². The molecule has 1 fully saturated rings. The Kier molecular flexibility index (Phi) is 4.10. The smallest absolute Gasteiger partial charge is 0.119 e. The van der Waals surface area contributed by atoms with Crippen LogP contribution < -0.4 is 10.1 Å². The maximum absolute atomic E-state index is 5.24. The van der Waals surface area contributed by atoms with Gasteiger partial charge in [0.25, 0.3) is 0 Å². The number of ether oxygens (including phenoxy) is 1. The van der Waals surface area contributed by atoms with Gasteiger partial charge in [-0.2, -0.15) is 0 Å². The van der Waals surface area contributed by atoms with Crippen molar-refractivity contribution in [3.63, 3.8) is 0 Å². The van der Waals surface area contributed by atoms with Crippen molar-refractivity contribution in [1.82, 2.24) is 5.32 Å². The number of fused-ring (bicyclic) bond motifs is 1. The summed E-state index contributed by atoms with van der Waals surface area (Å²) in [6.45, 7) is 2.26. The fraction of sp³-hybridized carbons (Fsp3) is 0.333. The number of nitrogens with one attached hydrogen (secondary N) is 1. The van der Waals surface area contributed by atoms with Crippen molar-refractivity contribution in [3.05, 3.63) is 42.0 Å². The van der Waals surface area contributed by atoms with E-state index in [1.807, 2.05) is 6.07 Å². The van der Waals surface area contributed by atoms with Gasteiger partial charge in [-0.15, -0.1) is 12.4 Å². The number of hydrogen-bond acceptors (Lipinski definition) is 2. The Morgan fingerprint density at radius 2 is 1.89 bits per heavy atom. The molecule has 0 amide bonds. The molecule has 1 aliphatic rings. The first kappa shape index (κ1) is 13.2. The predicted octanol–water partition coefficient (Wildman–Crippen LogP) is 3.35. The molecule has 3 rings (SSSR count). The molecular formula is C15H18ClNO. The molecule has 1 saturated heterocycles. The maximum atomic E-state index is 5.24. The van der Waals surface area contributed by atoms with E-state index in [9.17, 15) is 0 Å². The molecule has 0 bridgehead atoms. The third kappa shape index (κ3) is 2.45. The van der Waals surface area contributed by atoms with Gasteiger partial charge in [-0.1, -0.05) is 24.3 Å². The van der Waals surface area contributed by atoms with Crippen LogP contribution in [0.1, 0.15) is 17.9 Å². The van der Waals surface area contributed by atoms with E-state index >= 15 is 0 Å². The first-order valence-corrected chi connectivity index (χ1v) is 6.15. The van der Waals surface area contributed by atoms with Crippen LogP contribution in [-0.4, -0.2) is 20.2 Å². The van der Waals surface area contributed by atoms with Crippen LogP contribution in [0.25, 0.3) is 10.8 Å². The van der Waals surface area contributed by atoms with E-state index in [1.165, 1.54) is 22.8 Å². The van der Waals surface area contributed by atoms with Crippen molar-refractivity contribution < 1.29 is 4.74 Å². The Bertz CT molecular complexity index is 535. The van der Waals surface area contributed by atoms with Crippen molar-refractivity contribution >= 4 is 23.2 Å². The molecule has 96 valence electrons. The van der Waals surface area contributed by atoms with Crippen molar-refractivity contribution in [3.8, 4) is 5.75 Å². The van der Waals surface area contributed by atoms with Crippen LogP contribution in [0.4, 0.5) is 0 Å². The largest absolute Gasteiger partial charge is 0.497 e. The summed E-state index contributed by atoms with van der Waals surface area (Å²) in [6, 6.07) is 13.0. The van der Waals surface area contributed by atoms with Gasteiger partial charge in [-0.3, -0.25) is 0 Å². The molecule has 1 atom stereocenters. The van der Waals surface area contributed by atoms with Gasteiger partial charge in [0.05, 0.1) is 7.11 Å². The minimum atomic E-state index is 0. The van der Waals surface area contributed by atoms with Crippen LogP contribution in [0.2, 0.25) is 0 Å². The van der Waals surface area contributed by atoms with Crippen LogP contribution >= 0.6 is 12.4 Å². The van der Waals surface area contributed by atoms with Gasteiger partial charge < -0.3 is 10.1 Å². The molecule has 18 heavy (non-hydrogen) atoms. The second-order valence-corrected chi connectivity index (χ2v) is 4.66. The first-order valence-electron chi connectivity index (χ1n) is 6.15. The number of methoxy groups -OCH3 is 1. The summed E-state index contributed by atoms with van der Waals surface area (Å²) < 4.78 is 5.24. The highest BCUT2D eigenvalue weighted by molar-refractivity contribution is 5.85. The summed E-state index contributed by atoms with van der Waals surface area (Å²) in [6.07, 6.45) is 1.25. The Balaban J connectivity index is 0.00000120. The lowest BCUT2D eigenvalue weighted by molar-refractivity contribution is 0.415. The van der Waals surface area contributed by atoms with E-state index < -0.39 is 0 Å². The first-order chi connectivity index (χ1) is 8.36. The summed E-state index contributed by atoms with van der Waals surface area (Å²) in [5.41, 5.74) is 1.45. The third-order valence-corrected chi connectivity index (χ3v) is 3.60. The highest BCUT2D eigenvalue weighted by Gasteiger charge is 2.16. The lowest BCUT2D eigenvalue weighted by atomic mass is 9.96. The molecule has 0 aliphatic carbocycles. The topological polar surface area (TPSA) is 21.3 Å². The van der Waals surface area contributed by atoms with Crippen LogP contribution in [0.3, 0.4) is 0 Å². The molecular weight excluding hydrogens is 246 g/mol. The van der Waals surface area contributed by atoms with Gasteiger partial charge in [0, 0.05) is 6.54 Å². The molecule has 0 aromatic heterocycles. The molecule has 1 unspecified atom stereocenters. The maximum Gasteiger partial charge on any atom is 0.119 e. The van der Waals surface area contributed by atoms with E-state index in [-0.39, 0.29) is 12.4 Å². The van der Waals surface area contributed by atoms with Gasteiger partial charge in [-0.25, -0.2) is 0 Å². The van der Waals surface area contributed by atoms with E-state index in [1.54, 1.807) is 7.11 Å². The van der Waals surface area contributed by atoms with Crippen LogP contribution in [-0.2, 0) is 0 Å². The van der Waals surface area contributed by atoms with Gasteiger partial charge in [0.2, 0.25) is 0 Å². The minimum Gasteiger partial charge on any atom is -0.497 e. The van der Waals surface area contributed by atoms with Gasteiger partial charge in [0.15, 0.2) is 0 Å². The highest BCUT2D eigenvalue weighted by Crippen LogP contribution is 2.27. The van der Waals surface area contributed by atoms with Crippen molar-refractivity contribution in [2.24, 2.45) is 0 Å². The zero-order chi connectivity index (χ0) is 11.7.